The third kappa shape index (κ3) is 5.24. The van der Waals surface area contributed by atoms with Crippen LogP contribution in [-0.2, 0) is 6.54 Å². The molecule has 1 aromatic carbocycles. The number of rotatable bonds is 7. The molecule has 0 radical (unpaired) electrons. The second kappa shape index (κ2) is 8.88. The molecule has 1 atom stereocenters. The molecule has 0 bridgehead atoms. The van der Waals surface area contributed by atoms with Gasteiger partial charge >= 0.3 is 0 Å². The first-order valence-electron chi connectivity index (χ1n) is 8.42. The number of aliphatic hydroxyl groups is 1. The number of aliphatic hydroxyl groups excluding tert-OH is 1. The molecule has 4 heteroatoms. The fourth-order valence-electron chi connectivity index (χ4n) is 3.18. The van der Waals surface area contributed by atoms with Gasteiger partial charge in [0, 0.05) is 30.3 Å². The van der Waals surface area contributed by atoms with Crippen molar-refractivity contribution in [1.82, 2.24) is 10.2 Å². The summed E-state index contributed by atoms with van der Waals surface area (Å²) in [5.74, 6) is 0.563. The molecule has 0 saturated carbocycles. The lowest BCUT2D eigenvalue weighted by atomic mass is 9.97. The summed E-state index contributed by atoms with van der Waals surface area (Å²) < 4.78 is 0. The lowest BCUT2D eigenvalue weighted by Crippen LogP contribution is -2.47. The second-order valence-electron chi connectivity index (χ2n) is 6.67. The zero-order valence-corrected chi connectivity index (χ0v) is 14.5. The van der Waals surface area contributed by atoms with Crippen LogP contribution in [0.3, 0.4) is 0 Å². The van der Waals surface area contributed by atoms with Crippen molar-refractivity contribution in [2.24, 2.45) is 5.92 Å². The molecule has 22 heavy (non-hydrogen) atoms. The van der Waals surface area contributed by atoms with Gasteiger partial charge in [-0.15, -0.1) is 0 Å². The first kappa shape index (κ1) is 17.7. The van der Waals surface area contributed by atoms with E-state index in [1.54, 1.807) is 0 Å². The molecule has 0 amide bonds. The van der Waals surface area contributed by atoms with Gasteiger partial charge in [-0.05, 0) is 49.9 Å². The van der Waals surface area contributed by atoms with E-state index < -0.39 is 0 Å². The Morgan fingerprint density at radius 1 is 1.27 bits per heavy atom. The zero-order valence-electron chi connectivity index (χ0n) is 13.8. The average molecular weight is 325 g/mol. The minimum Gasteiger partial charge on any atom is -0.396 e. The minimum absolute atomic E-state index is 0.265. The summed E-state index contributed by atoms with van der Waals surface area (Å²) in [6.07, 6.45) is 3.18. The molecule has 2 N–H and O–H groups in total. The van der Waals surface area contributed by atoms with Gasteiger partial charge in [0.2, 0.25) is 0 Å². The van der Waals surface area contributed by atoms with Crippen LogP contribution in [0.1, 0.15) is 38.7 Å². The summed E-state index contributed by atoms with van der Waals surface area (Å²) >= 11 is 6.25. The average Bonchev–Trinajstić information content (AvgIpc) is 2.51. The SMILES string of the molecule is CC(C)C(CCO)NC1CCN(Cc2ccccc2Cl)CC1. The molecule has 1 fully saturated rings. The van der Waals surface area contributed by atoms with Crippen LogP contribution in [0, 0.1) is 5.92 Å². The van der Waals surface area contributed by atoms with E-state index in [0.717, 1.165) is 31.1 Å². The zero-order chi connectivity index (χ0) is 15.9. The number of piperidine rings is 1. The van der Waals surface area contributed by atoms with Crippen LogP contribution < -0.4 is 5.32 Å². The van der Waals surface area contributed by atoms with Crippen LogP contribution in [0.2, 0.25) is 5.02 Å². The summed E-state index contributed by atoms with van der Waals surface area (Å²) in [5.41, 5.74) is 1.22. The lowest BCUT2D eigenvalue weighted by Gasteiger charge is -2.35. The van der Waals surface area contributed by atoms with Gasteiger partial charge in [-0.2, -0.15) is 0 Å². The molecule has 0 aliphatic carbocycles. The third-order valence-electron chi connectivity index (χ3n) is 4.63. The fraction of sp³-hybridized carbons (Fsp3) is 0.667. The van der Waals surface area contributed by atoms with Gasteiger partial charge in [0.1, 0.15) is 0 Å². The van der Waals surface area contributed by atoms with E-state index in [4.69, 9.17) is 11.6 Å². The van der Waals surface area contributed by atoms with Gasteiger partial charge in [0.05, 0.1) is 0 Å². The smallest absolute Gasteiger partial charge is 0.0451 e. The number of nitrogens with zero attached hydrogens (tertiary/aromatic N) is 1. The van der Waals surface area contributed by atoms with Crippen molar-refractivity contribution in [2.45, 2.75) is 51.7 Å². The maximum absolute atomic E-state index is 9.19. The highest BCUT2D eigenvalue weighted by Gasteiger charge is 2.23. The lowest BCUT2D eigenvalue weighted by molar-refractivity contribution is 0.167. The maximum Gasteiger partial charge on any atom is 0.0451 e. The molecule has 3 nitrogen and oxygen atoms in total. The molecule has 1 heterocycles. The van der Waals surface area contributed by atoms with E-state index in [9.17, 15) is 5.11 Å². The highest BCUT2D eigenvalue weighted by atomic mass is 35.5. The number of likely N-dealkylation sites (tertiary alicyclic amines) is 1. The Hall–Kier alpha value is -0.610. The molecule has 2 rings (SSSR count). The second-order valence-corrected chi connectivity index (χ2v) is 7.08. The molecular formula is C18H29ClN2O. The van der Waals surface area contributed by atoms with E-state index in [1.807, 2.05) is 12.1 Å². The van der Waals surface area contributed by atoms with Gasteiger partial charge in [-0.1, -0.05) is 43.6 Å². The summed E-state index contributed by atoms with van der Waals surface area (Å²) in [4.78, 5) is 2.48. The normalized spacial score (nSPS) is 18.8. The Bertz CT molecular complexity index is 444. The minimum atomic E-state index is 0.265. The van der Waals surface area contributed by atoms with E-state index in [1.165, 1.54) is 18.4 Å². The Labute approximate surface area is 139 Å². The number of hydrogen-bond acceptors (Lipinski definition) is 3. The van der Waals surface area contributed by atoms with E-state index >= 15 is 0 Å². The van der Waals surface area contributed by atoms with Crippen molar-refractivity contribution in [2.75, 3.05) is 19.7 Å². The van der Waals surface area contributed by atoms with Crippen LogP contribution in [0.15, 0.2) is 24.3 Å². The maximum atomic E-state index is 9.19. The van der Waals surface area contributed by atoms with Crippen molar-refractivity contribution < 1.29 is 5.11 Å². The molecule has 124 valence electrons. The van der Waals surface area contributed by atoms with Crippen molar-refractivity contribution >= 4 is 11.6 Å². The molecule has 1 aliphatic rings. The van der Waals surface area contributed by atoms with Crippen molar-refractivity contribution in [3.05, 3.63) is 34.9 Å². The summed E-state index contributed by atoms with van der Waals surface area (Å²) in [7, 11) is 0. The highest BCUT2D eigenvalue weighted by Crippen LogP contribution is 2.20. The highest BCUT2D eigenvalue weighted by molar-refractivity contribution is 6.31. The molecule has 0 aromatic heterocycles. The van der Waals surface area contributed by atoms with Crippen LogP contribution in [0.4, 0.5) is 0 Å². The van der Waals surface area contributed by atoms with E-state index in [2.05, 4.69) is 36.2 Å². The third-order valence-corrected chi connectivity index (χ3v) is 5.00. The van der Waals surface area contributed by atoms with Crippen LogP contribution in [0.5, 0.6) is 0 Å². The first-order chi connectivity index (χ1) is 10.6. The van der Waals surface area contributed by atoms with Crippen LogP contribution >= 0.6 is 11.6 Å². The Balaban J connectivity index is 1.79. The van der Waals surface area contributed by atoms with Crippen molar-refractivity contribution in [3.63, 3.8) is 0 Å². The largest absolute Gasteiger partial charge is 0.396 e. The Morgan fingerprint density at radius 3 is 2.55 bits per heavy atom. The van der Waals surface area contributed by atoms with Gasteiger partial charge < -0.3 is 10.4 Å². The Kier molecular flexibility index (Phi) is 7.16. The van der Waals surface area contributed by atoms with Gasteiger partial charge in [-0.25, -0.2) is 0 Å². The molecule has 1 unspecified atom stereocenters. The standard InChI is InChI=1S/C18H29ClN2O/c1-14(2)18(9-12-22)20-16-7-10-21(11-8-16)13-15-5-3-4-6-17(15)19/h3-6,14,16,18,20,22H,7-13H2,1-2H3. The molecule has 0 spiro atoms. The van der Waals surface area contributed by atoms with Crippen molar-refractivity contribution in [3.8, 4) is 0 Å². The fourth-order valence-corrected chi connectivity index (χ4v) is 3.37. The summed E-state index contributed by atoms with van der Waals surface area (Å²) in [6.45, 7) is 7.86. The van der Waals surface area contributed by atoms with E-state index in [0.29, 0.717) is 18.0 Å². The molecule has 1 aromatic rings. The van der Waals surface area contributed by atoms with E-state index in [-0.39, 0.29) is 6.61 Å². The quantitative estimate of drug-likeness (QED) is 0.808. The number of nitrogens with one attached hydrogen (secondary N) is 1. The Morgan fingerprint density at radius 2 is 1.95 bits per heavy atom. The molecule has 1 aliphatic heterocycles. The monoisotopic (exact) mass is 324 g/mol. The van der Waals surface area contributed by atoms with Gasteiger partial charge in [-0.3, -0.25) is 4.90 Å². The van der Waals surface area contributed by atoms with Crippen LogP contribution in [-0.4, -0.2) is 41.8 Å². The number of hydrogen-bond donors (Lipinski definition) is 2. The predicted octanol–water partition coefficient (Wildman–Crippen LogP) is 3.30. The molecular weight excluding hydrogens is 296 g/mol. The summed E-state index contributed by atoms with van der Waals surface area (Å²) in [6, 6.07) is 9.11. The molecule has 1 saturated heterocycles. The summed E-state index contributed by atoms with van der Waals surface area (Å²) in [5, 5.41) is 13.8. The van der Waals surface area contributed by atoms with Crippen molar-refractivity contribution in [1.29, 1.82) is 0 Å². The van der Waals surface area contributed by atoms with Gasteiger partial charge in [0.15, 0.2) is 0 Å². The first-order valence-corrected chi connectivity index (χ1v) is 8.80. The number of halogens is 1. The number of benzene rings is 1. The van der Waals surface area contributed by atoms with Gasteiger partial charge in [0.25, 0.3) is 0 Å². The predicted molar refractivity (Wildman–Crippen MR) is 93.2 cm³/mol. The topological polar surface area (TPSA) is 35.5 Å². The van der Waals surface area contributed by atoms with Crippen LogP contribution in [0.25, 0.3) is 0 Å².